The van der Waals surface area contributed by atoms with Gasteiger partial charge in [-0.05, 0) is 30.0 Å². The lowest BCUT2D eigenvalue weighted by Gasteiger charge is -2.29. The summed E-state index contributed by atoms with van der Waals surface area (Å²) in [5.41, 5.74) is 5.19. The fraction of sp³-hybridized carbons (Fsp3) is 0.533. The Bertz CT molecular complexity index is 417. The fourth-order valence-corrected chi connectivity index (χ4v) is 2.26. The van der Waals surface area contributed by atoms with Gasteiger partial charge in [-0.3, -0.25) is 4.79 Å². The highest BCUT2D eigenvalue weighted by atomic mass is 19.1. The number of carboxylic acid groups (broad SMARTS) is 1. The Morgan fingerprint density at radius 3 is 2.37 bits per heavy atom. The number of hydrogen-bond acceptors (Lipinski definition) is 2. The zero-order valence-corrected chi connectivity index (χ0v) is 11.5. The van der Waals surface area contributed by atoms with Crippen molar-refractivity contribution in [1.29, 1.82) is 0 Å². The summed E-state index contributed by atoms with van der Waals surface area (Å²) >= 11 is 0. The van der Waals surface area contributed by atoms with Crippen molar-refractivity contribution in [2.45, 2.75) is 38.5 Å². The Hall–Kier alpha value is -1.42. The van der Waals surface area contributed by atoms with E-state index in [4.69, 9.17) is 5.73 Å². The molecule has 4 heteroatoms. The van der Waals surface area contributed by atoms with Gasteiger partial charge in [0.1, 0.15) is 11.2 Å². The van der Waals surface area contributed by atoms with E-state index >= 15 is 0 Å². The van der Waals surface area contributed by atoms with E-state index < -0.39 is 11.4 Å². The SMILES string of the molecule is CC(C)CCCC(CN)(C(=O)O)c1ccc(F)cc1. The molecule has 1 aromatic rings. The molecule has 0 aliphatic carbocycles. The lowest BCUT2D eigenvalue weighted by atomic mass is 9.76. The summed E-state index contributed by atoms with van der Waals surface area (Å²) in [6, 6.07) is 5.60. The lowest BCUT2D eigenvalue weighted by molar-refractivity contribution is -0.143. The van der Waals surface area contributed by atoms with Crippen LogP contribution in [-0.2, 0) is 10.2 Å². The van der Waals surface area contributed by atoms with Gasteiger partial charge in [0.05, 0.1) is 0 Å². The summed E-state index contributed by atoms with van der Waals surface area (Å²) in [5, 5.41) is 9.54. The van der Waals surface area contributed by atoms with Crippen LogP contribution in [0.15, 0.2) is 24.3 Å². The molecule has 3 nitrogen and oxygen atoms in total. The van der Waals surface area contributed by atoms with Crippen molar-refractivity contribution < 1.29 is 14.3 Å². The number of halogens is 1. The average molecular weight is 267 g/mol. The first-order valence-corrected chi connectivity index (χ1v) is 6.62. The van der Waals surface area contributed by atoms with Crippen LogP contribution in [0.5, 0.6) is 0 Å². The molecule has 1 atom stereocenters. The van der Waals surface area contributed by atoms with Crippen LogP contribution in [0.1, 0.15) is 38.7 Å². The van der Waals surface area contributed by atoms with Crippen LogP contribution >= 0.6 is 0 Å². The third-order valence-corrected chi connectivity index (χ3v) is 3.54. The second-order valence-electron chi connectivity index (χ2n) is 5.38. The van der Waals surface area contributed by atoms with Crippen molar-refractivity contribution in [1.82, 2.24) is 0 Å². The van der Waals surface area contributed by atoms with Gasteiger partial charge in [-0.2, -0.15) is 0 Å². The zero-order chi connectivity index (χ0) is 14.5. The Morgan fingerprint density at radius 1 is 1.37 bits per heavy atom. The maximum absolute atomic E-state index is 13.0. The molecule has 0 heterocycles. The van der Waals surface area contributed by atoms with E-state index in [1.54, 1.807) is 0 Å². The van der Waals surface area contributed by atoms with E-state index in [0.717, 1.165) is 12.8 Å². The van der Waals surface area contributed by atoms with Crippen LogP contribution in [-0.4, -0.2) is 17.6 Å². The average Bonchev–Trinajstić information content (AvgIpc) is 2.35. The number of carbonyl (C=O) groups is 1. The highest BCUT2D eigenvalue weighted by Gasteiger charge is 2.38. The smallest absolute Gasteiger partial charge is 0.315 e. The molecule has 0 saturated carbocycles. The van der Waals surface area contributed by atoms with E-state index in [9.17, 15) is 14.3 Å². The molecule has 106 valence electrons. The highest BCUT2D eigenvalue weighted by Crippen LogP contribution is 2.30. The summed E-state index contributed by atoms with van der Waals surface area (Å²) in [4.78, 5) is 11.6. The Morgan fingerprint density at radius 2 is 1.95 bits per heavy atom. The fourth-order valence-electron chi connectivity index (χ4n) is 2.26. The molecule has 0 radical (unpaired) electrons. The Balaban J connectivity index is 2.98. The minimum atomic E-state index is -1.11. The summed E-state index contributed by atoms with van der Waals surface area (Å²) < 4.78 is 13.0. The van der Waals surface area contributed by atoms with Gasteiger partial charge in [-0.25, -0.2) is 4.39 Å². The number of benzene rings is 1. The maximum Gasteiger partial charge on any atom is 0.315 e. The highest BCUT2D eigenvalue weighted by molar-refractivity contribution is 5.81. The largest absolute Gasteiger partial charge is 0.481 e. The molecule has 3 N–H and O–H groups in total. The number of nitrogens with two attached hydrogens (primary N) is 1. The van der Waals surface area contributed by atoms with Gasteiger partial charge in [0.25, 0.3) is 0 Å². The molecule has 1 aromatic carbocycles. The number of aliphatic carboxylic acids is 1. The van der Waals surface area contributed by atoms with Gasteiger partial charge in [-0.1, -0.05) is 38.8 Å². The van der Waals surface area contributed by atoms with E-state index in [1.807, 2.05) is 0 Å². The molecule has 0 aliphatic heterocycles. The predicted octanol–water partition coefficient (Wildman–Crippen LogP) is 2.93. The first kappa shape index (κ1) is 15.6. The number of rotatable bonds is 7. The van der Waals surface area contributed by atoms with Crippen LogP contribution in [0, 0.1) is 11.7 Å². The maximum atomic E-state index is 13.0. The van der Waals surface area contributed by atoms with Crippen LogP contribution in [0.3, 0.4) is 0 Å². The van der Waals surface area contributed by atoms with Gasteiger partial charge in [-0.15, -0.1) is 0 Å². The Labute approximate surface area is 113 Å². The van der Waals surface area contributed by atoms with Crippen LogP contribution in [0.25, 0.3) is 0 Å². The van der Waals surface area contributed by atoms with Crippen molar-refractivity contribution in [2.75, 3.05) is 6.54 Å². The Kier molecular flexibility index (Phi) is 5.48. The number of carboxylic acids is 1. The molecule has 0 bridgehead atoms. The van der Waals surface area contributed by atoms with E-state index in [0.29, 0.717) is 17.9 Å². The van der Waals surface area contributed by atoms with Crippen molar-refractivity contribution in [3.8, 4) is 0 Å². The molecule has 1 unspecified atom stereocenters. The standard InChI is InChI=1S/C15H22FNO2/c1-11(2)4-3-9-15(10-17,14(18)19)12-5-7-13(16)8-6-12/h5-8,11H,3-4,9-10,17H2,1-2H3,(H,18,19). The van der Waals surface area contributed by atoms with Gasteiger partial charge < -0.3 is 10.8 Å². The molecule has 0 amide bonds. The summed E-state index contributed by atoms with van der Waals surface area (Å²) in [5.74, 6) is -0.787. The van der Waals surface area contributed by atoms with E-state index in [2.05, 4.69) is 13.8 Å². The zero-order valence-electron chi connectivity index (χ0n) is 11.5. The second kappa shape index (κ2) is 6.66. The van der Waals surface area contributed by atoms with Crippen LogP contribution < -0.4 is 5.73 Å². The summed E-state index contributed by atoms with van der Waals surface area (Å²) in [6.07, 6.45) is 2.22. The van der Waals surface area contributed by atoms with Gasteiger partial charge in [0.15, 0.2) is 0 Å². The minimum Gasteiger partial charge on any atom is -0.481 e. The molecule has 0 aromatic heterocycles. The summed E-state index contributed by atoms with van der Waals surface area (Å²) in [7, 11) is 0. The first-order chi connectivity index (χ1) is 8.92. The topological polar surface area (TPSA) is 63.3 Å². The monoisotopic (exact) mass is 267 g/mol. The van der Waals surface area contributed by atoms with Crippen molar-refractivity contribution >= 4 is 5.97 Å². The molecule has 0 aliphatic rings. The van der Waals surface area contributed by atoms with Gasteiger partial charge in [0, 0.05) is 6.54 Å². The van der Waals surface area contributed by atoms with Crippen molar-refractivity contribution in [2.24, 2.45) is 11.7 Å². The molecule has 1 rings (SSSR count). The third kappa shape index (κ3) is 3.77. The predicted molar refractivity (Wildman–Crippen MR) is 73.5 cm³/mol. The van der Waals surface area contributed by atoms with Crippen molar-refractivity contribution in [3.63, 3.8) is 0 Å². The number of hydrogen-bond donors (Lipinski definition) is 2. The second-order valence-corrected chi connectivity index (χ2v) is 5.38. The van der Waals surface area contributed by atoms with Gasteiger partial charge >= 0.3 is 5.97 Å². The lowest BCUT2D eigenvalue weighted by Crippen LogP contribution is -2.43. The molecule has 0 saturated heterocycles. The third-order valence-electron chi connectivity index (χ3n) is 3.54. The first-order valence-electron chi connectivity index (χ1n) is 6.62. The quantitative estimate of drug-likeness (QED) is 0.798. The molecule has 0 spiro atoms. The minimum absolute atomic E-state index is 0.0199. The van der Waals surface area contributed by atoms with E-state index in [1.165, 1.54) is 24.3 Å². The molecular weight excluding hydrogens is 245 g/mol. The van der Waals surface area contributed by atoms with Crippen molar-refractivity contribution in [3.05, 3.63) is 35.6 Å². The molecular formula is C15H22FNO2. The summed E-state index contributed by atoms with van der Waals surface area (Å²) in [6.45, 7) is 4.22. The van der Waals surface area contributed by atoms with Gasteiger partial charge in [0.2, 0.25) is 0 Å². The van der Waals surface area contributed by atoms with E-state index in [-0.39, 0.29) is 12.4 Å². The molecule has 0 fully saturated rings. The van der Waals surface area contributed by atoms with Crippen LogP contribution in [0.4, 0.5) is 4.39 Å². The normalized spacial score (nSPS) is 14.4. The molecule has 19 heavy (non-hydrogen) atoms. The van der Waals surface area contributed by atoms with Crippen LogP contribution in [0.2, 0.25) is 0 Å².